The molecular formula is C19H26N6O5S2. The maximum Gasteiger partial charge on any atom is 0.316 e. The number of nitrogen functional groups attached to an aromatic ring is 1. The van der Waals surface area contributed by atoms with E-state index in [0.717, 1.165) is 24.6 Å². The highest BCUT2D eigenvalue weighted by molar-refractivity contribution is 7.99. The Bertz CT molecular complexity index is 1060. The zero-order valence-corrected chi connectivity index (χ0v) is 19.5. The lowest BCUT2D eigenvalue weighted by atomic mass is 10.2. The zero-order chi connectivity index (χ0) is 23.3. The minimum Gasteiger partial charge on any atom is -0.468 e. The van der Waals surface area contributed by atoms with Crippen LogP contribution in [0.2, 0.25) is 0 Å². The van der Waals surface area contributed by atoms with Crippen molar-refractivity contribution in [2.24, 2.45) is 0 Å². The molecule has 1 aliphatic rings. The predicted molar refractivity (Wildman–Crippen MR) is 120 cm³/mol. The summed E-state index contributed by atoms with van der Waals surface area (Å²) in [6, 6.07) is 5.34. The molecule has 1 aromatic carbocycles. The molecule has 3 rings (SSSR count). The van der Waals surface area contributed by atoms with Gasteiger partial charge in [0.25, 0.3) is 0 Å². The van der Waals surface area contributed by atoms with Crippen LogP contribution in [0.25, 0.3) is 0 Å². The van der Waals surface area contributed by atoms with Crippen LogP contribution >= 0.6 is 11.8 Å². The Morgan fingerprint density at radius 1 is 1.22 bits per heavy atom. The van der Waals surface area contributed by atoms with Gasteiger partial charge in [0.2, 0.25) is 21.9 Å². The van der Waals surface area contributed by atoms with Crippen molar-refractivity contribution in [1.29, 1.82) is 0 Å². The minimum absolute atomic E-state index is 0.000357. The highest BCUT2D eigenvalue weighted by atomic mass is 32.2. The monoisotopic (exact) mass is 482 g/mol. The first-order chi connectivity index (χ1) is 15.3. The number of ether oxygens (including phenoxy) is 1. The first-order valence-corrected chi connectivity index (χ1v) is 12.5. The molecule has 2 heterocycles. The highest BCUT2D eigenvalue weighted by Crippen LogP contribution is 2.27. The molecule has 1 saturated heterocycles. The number of methoxy groups -OCH3 is 1. The smallest absolute Gasteiger partial charge is 0.316 e. The minimum atomic E-state index is -3.52. The molecule has 32 heavy (non-hydrogen) atoms. The summed E-state index contributed by atoms with van der Waals surface area (Å²) in [5.41, 5.74) is 6.37. The number of aromatic nitrogens is 3. The lowest BCUT2D eigenvalue weighted by Crippen LogP contribution is -2.28. The second-order valence-electron chi connectivity index (χ2n) is 7.12. The van der Waals surface area contributed by atoms with Gasteiger partial charge in [-0.25, -0.2) is 8.42 Å². The van der Waals surface area contributed by atoms with Crippen LogP contribution in [0.5, 0.6) is 0 Å². The highest BCUT2D eigenvalue weighted by Gasteiger charge is 2.28. The van der Waals surface area contributed by atoms with E-state index in [9.17, 15) is 18.0 Å². The largest absolute Gasteiger partial charge is 0.468 e. The number of carbonyl (C=O) groups excluding carboxylic acids is 2. The normalized spacial score (nSPS) is 15.4. The van der Waals surface area contributed by atoms with Crippen molar-refractivity contribution in [3.05, 3.63) is 24.3 Å². The number of thioether (sulfide) groups is 1. The molecule has 0 radical (unpaired) electrons. The zero-order valence-electron chi connectivity index (χ0n) is 17.9. The van der Waals surface area contributed by atoms with E-state index in [1.54, 1.807) is 12.1 Å². The van der Waals surface area contributed by atoms with Crippen LogP contribution in [0.1, 0.15) is 32.2 Å². The van der Waals surface area contributed by atoms with E-state index in [1.807, 2.05) is 6.92 Å². The standard InChI is InChI=1S/C19H26N6O5S2/c1-3-15(25-18(20)22-23-19(25)31-12-16(26)30-2)17(27)21-13-6-8-14(9-7-13)32(28,29)24-10-4-5-11-24/h6-9,15H,3-5,10-12H2,1-2H3,(H2,20,22)(H,21,27). The topological polar surface area (TPSA) is 150 Å². The van der Waals surface area contributed by atoms with Crippen LogP contribution < -0.4 is 11.1 Å². The fourth-order valence-electron chi connectivity index (χ4n) is 3.36. The lowest BCUT2D eigenvalue weighted by molar-refractivity contribution is -0.137. The number of sulfonamides is 1. The van der Waals surface area contributed by atoms with Crippen LogP contribution in [0.4, 0.5) is 11.6 Å². The molecule has 1 atom stereocenters. The molecule has 0 aliphatic carbocycles. The van der Waals surface area contributed by atoms with Gasteiger partial charge in [-0.3, -0.25) is 14.2 Å². The van der Waals surface area contributed by atoms with Crippen LogP contribution in [-0.2, 0) is 24.3 Å². The molecule has 0 saturated carbocycles. The van der Waals surface area contributed by atoms with E-state index in [1.165, 1.54) is 28.1 Å². The summed E-state index contributed by atoms with van der Waals surface area (Å²) < 4.78 is 32.9. The van der Waals surface area contributed by atoms with E-state index >= 15 is 0 Å². The Kier molecular flexibility index (Phi) is 7.74. The molecule has 1 fully saturated rings. The van der Waals surface area contributed by atoms with Crippen LogP contribution in [0, 0.1) is 0 Å². The van der Waals surface area contributed by atoms with E-state index in [-0.39, 0.29) is 22.5 Å². The van der Waals surface area contributed by atoms with E-state index in [2.05, 4.69) is 20.3 Å². The quantitative estimate of drug-likeness (QED) is 0.400. The van der Waals surface area contributed by atoms with E-state index in [0.29, 0.717) is 30.4 Å². The van der Waals surface area contributed by atoms with Gasteiger partial charge < -0.3 is 15.8 Å². The Morgan fingerprint density at radius 3 is 2.47 bits per heavy atom. The summed E-state index contributed by atoms with van der Waals surface area (Å²) in [6.07, 6.45) is 2.11. The van der Waals surface area contributed by atoms with Crippen molar-refractivity contribution in [2.75, 3.05) is 37.0 Å². The van der Waals surface area contributed by atoms with Gasteiger partial charge in [0, 0.05) is 18.8 Å². The molecule has 0 spiro atoms. The summed E-state index contributed by atoms with van der Waals surface area (Å²) in [7, 11) is -2.24. The average Bonchev–Trinajstić information content (AvgIpc) is 3.44. The van der Waals surface area contributed by atoms with E-state index < -0.39 is 22.0 Å². The second-order valence-corrected chi connectivity index (χ2v) is 10.0. The maximum atomic E-state index is 13.0. The Morgan fingerprint density at radius 2 is 1.88 bits per heavy atom. The SMILES string of the molecule is CCC(C(=O)Nc1ccc(S(=O)(=O)N2CCCC2)cc1)n1c(N)nnc1SCC(=O)OC. The van der Waals surface area contributed by atoms with Gasteiger partial charge in [0.1, 0.15) is 6.04 Å². The van der Waals surface area contributed by atoms with Gasteiger partial charge in [-0.1, -0.05) is 18.7 Å². The number of nitrogens with two attached hydrogens (primary N) is 1. The van der Waals surface area contributed by atoms with Gasteiger partial charge in [-0.2, -0.15) is 4.31 Å². The molecule has 2 aromatic rings. The van der Waals surface area contributed by atoms with Crippen LogP contribution in [-0.4, -0.2) is 65.3 Å². The number of nitrogens with one attached hydrogen (secondary N) is 1. The number of carbonyl (C=O) groups is 2. The van der Waals surface area contributed by atoms with Gasteiger partial charge in [-0.05, 0) is 43.5 Å². The molecule has 13 heteroatoms. The van der Waals surface area contributed by atoms with Gasteiger partial charge in [-0.15, -0.1) is 10.2 Å². The maximum absolute atomic E-state index is 13.0. The number of anilines is 2. The first-order valence-electron chi connectivity index (χ1n) is 10.1. The number of benzene rings is 1. The van der Waals surface area contributed by atoms with Gasteiger partial charge >= 0.3 is 5.97 Å². The molecule has 3 N–H and O–H groups in total. The lowest BCUT2D eigenvalue weighted by Gasteiger charge is -2.19. The van der Waals surface area contributed by atoms with Crippen molar-refractivity contribution in [1.82, 2.24) is 19.1 Å². The third-order valence-corrected chi connectivity index (χ3v) is 7.89. The van der Waals surface area contributed by atoms with Gasteiger partial charge in [0.05, 0.1) is 17.8 Å². The van der Waals surface area contributed by atoms with Crippen molar-refractivity contribution < 1.29 is 22.7 Å². The van der Waals surface area contributed by atoms with E-state index in [4.69, 9.17) is 5.73 Å². The summed E-state index contributed by atoms with van der Waals surface area (Å²) in [6.45, 7) is 2.86. The molecule has 11 nitrogen and oxygen atoms in total. The molecular weight excluding hydrogens is 456 g/mol. The van der Waals surface area contributed by atoms with Crippen molar-refractivity contribution >= 4 is 45.3 Å². The third-order valence-electron chi connectivity index (χ3n) is 5.06. The fraction of sp³-hybridized carbons (Fsp3) is 0.474. The number of amides is 1. The number of nitrogens with zero attached hydrogens (tertiary/aromatic N) is 4. The van der Waals surface area contributed by atoms with Crippen molar-refractivity contribution in [3.63, 3.8) is 0 Å². The molecule has 1 aromatic heterocycles. The van der Waals surface area contributed by atoms with Crippen molar-refractivity contribution in [2.45, 2.75) is 42.3 Å². The number of hydrogen-bond donors (Lipinski definition) is 2. The molecule has 1 aliphatic heterocycles. The Labute approximate surface area is 190 Å². The average molecular weight is 483 g/mol. The molecule has 174 valence electrons. The second kappa shape index (κ2) is 10.3. The van der Waals surface area contributed by atoms with Crippen LogP contribution in [0.15, 0.2) is 34.3 Å². The predicted octanol–water partition coefficient (Wildman–Crippen LogP) is 1.50. The number of esters is 1. The molecule has 1 unspecified atom stereocenters. The van der Waals surface area contributed by atoms with Crippen LogP contribution in [0.3, 0.4) is 0 Å². The summed E-state index contributed by atoms with van der Waals surface area (Å²) in [5.74, 6) is -0.760. The summed E-state index contributed by atoms with van der Waals surface area (Å²) in [4.78, 5) is 24.6. The fourth-order valence-corrected chi connectivity index (χ4v) is 5.70. The molecule has 1 amide bonds. The summed E-state index contributed by atoms with van der Waals surface area (Å²) >= 11 is 1.07. The van der Waals surface area contributed by atoms with Gasteiger partial charge in [0.15, 0.2) is 5.16 Å². The Hall–Kier alpha value is -2.64. The number of hydrogen-bond acceptors (Lipinski definition) is 9. The first kappa shape index (κ1) is 24.0. The Balaban J connectivity index is 1.73. The molecule has 0 bridgehead atoms. The van der Waals surface area contributed by atoms with Crippen molar-refractivity contribution in [3.8, 4) is 0 Å². The number of rotatable bonds is 9. The summed E-state index contributed by atoms with van der Waals surface area (Å²) in [5, 5.41) is 10.9. The third kappa shape index (κ3) is 5.22.